The molecule has 0 amide bonds. The van der Waals surface area contributed by atoms with Gasteiger partial charge >= 0.3 is 8.80 Å². The molecule has 0 atom stereocenters. The van der Waals surface area contributed by atoms with Crippen LogP contribution in [0.25, 0.3) is 10.2 Å². The van der Waals surface area contributed by atoms with Crippen LogP contribution >= 0.6 is 91.9 Å². The molecule has 0 radical (unpaired) electrons. The summed E-state index contributed by atoms with van der Waals surface area (Å²) in [5.41, 5.74) is 1.09. The van der Waals surface area contributed by atoms with Crippen LogP contribution in [0.5, 0.6) is 0 Å². The van der Waals surface area contributed by atoms with Crippen LogP contribution in [0.1, 0.15) is 48.0 Å². The molecule has 4 nitrogen and oxygen atoms in total. The molecule has 1 heterocycles. The van der Waals surface area contributed by atoms with E-state index in [4.69, 9.17) is 13.3 Å². The van der Waals surface area contributed by atoms with Crippen LogP contribution < -0.4 is 0 Å². The smallest absolute Gasteiger partial charge is 0.371 e. The number of hydrogen-bond donors (Lipinski definition) is 0. The summed E-state index contributed by atoms with van der Waals surface area (Å²) < 4.78 is 21.1. The van der Waals surface area contributed by atoms with E-state index < -0.39 is 8.80 Å². The lowest BCUT2D eigenvalue weighted by Crippen LogP contribution is -2.50. The number of benzene rings is 1. The predicted molar refractivity (Wildman–Crippen MR) is 167 cm³/mol. The maximum atomic E-state index is 6.25. The van der Waals surface area contributed by atoms with Crippen molar-refractivity contribution in [2.75, 3.05) is 5.75 Å². The summed E-state index contributed by atoms with van der Waals surface area (Å²) in [6.07, 6.45) is 1.33. The van der Waals surface area contributed by atoms with Crippen LogP contribution in [-0.4, -0.2) is 37.9 Å². The van der Waals surface area contributed by atoms with Crippen molar-refractivity contribution < 1.29 is 13.3 Å². The summed E-state index contributed by atoms with van der Waals surface area (Å²) in [5, 5.41) is 0. The lowest BCUT2D eigenvalue weighted by atomic mass is 10.3. The summed E-state index contributed by atoms with van der Waals surface area (Å²) in [4.78, 5) is 4.65. The number of rotatable bonds is 18. The highest BCUT2D eigenvalue weighted by Crippen LogP contribution is 2.58. The van der Waals surface area contributed by atoms with Crippen LogP contribution in [-0.2, 0) is 13.3 Å². The van der Waals surface area contributed by atoms with Gasteiger partial charge in [-0.25, -0.2) is 4.98 Å². The third kappa shape index (κ3) is 13.4. The summed E-state index contributed by atoms with van der Waals surface area (Å²) in [6.45, 7) is 12.3. The van der Waals surface area contributed by atoms with Crippen LogP contribution in [0, 0.1) is 0 Å². The number of aromatic nitrogens is 1. The van der Waals surface area contributed by atoms with Crippen molar-refractivity contribution in [1.29, 1.82) is 0 Å². The minimum atomic E-state index is -2.67. The molecular weight excluding hydrogens is 607 g/mol. The molecule has 0 unspecified atom stereocenters. The molecule has 0 bridgehead atoms. The van der Waals surface area contributed by atoms with E-state index in [1.54, 1.807) is 61.4 Å². The number of hydrogen-bond acceptors (Lipinski definition) is 13. The summed E-state index contributed by atoms with van der Waals surface area (Å²) in [6, 6.07) is 9.15. The molecule has 1 aromatic heterocycles. The molecule has 0 aliphatic heterocycles. The summed E-state index contributed by atoms with van der Waals surface area (Å²) in [7, 11) is 11.8. The van der Waals surface area contributed by atoms with E-state index >= 15 is 0 Å². The first-order chi connectivity index (χ1) is 15.8. The predicted octanol–water partition coefficient (Wildman–Crippen LogP) is 10.5. The van der Waals surface area contributed by atoms with Gasteiger partial charge in [0.25, 0.3) is 0 Å². The number of fused-ring (bicyclic) bond motifs is 1. The fourth-order valence-corrected chi connectivity index (χ4v) is 24.6. The molecule has 1 aromatic carbocycles. The van der Waals surface area contributed by atoms with Crippen molar-refractivity contribution in [2.45, 2.75) is 76.7 Å². The molecule has 2 aromatic rings. The van der Waals surface area contributed by atoms with Crippen LogP contribution in [0.15, 0.2) is 28.6 Å². The van der Waals surface area contributed by atoms with Gasteiger partial charge in [-0.3, -0.25) is 0 Å². The quantitative estimate of drug-likeness (QED) is 0.0887. The topological polar surface area (TPSA) is 40.6 Å². The highest BCUT2D eigenvalue weighted by atomic mass is 34.0. The van der Waals surface area contributed by atoms with Gasteiger partial charge in [-0.1, -0.05) is 22.9 Å². The fourth-order valence-electron chi connectivity index (χ4n) is 2.71. The Balaban J connectivity index is 1.55. The van der Waals surface area contributed by atoms with Crippen LogP contribution in [0.4, 0.5) is 0 Å². The van der Waals surface area contributed by atoms with Crippen molar-refractivity contribution in [3.05, 3.63) is 24.3 Å². The van der Waals surface area contributed by atoms with E-state index in [2.05, 4.69) is 64.7 Å². The highest BCUT2D eigenvalue weighted by Gasteiger charge is 2.43. The van der Waals surface area contributed by atoms with Gasteiger partial charge in [-0.15, -0.1) is 11.3 Å². The van der Waals surface area contributed by atoms with E-state index in [0.717, 1.165) is 28.1 Å². The molecule has 0 saturated heterocycles. The number of nitrogens with zero attached hydrogens (tertiary/aromatic N) is 1. The molecule has 0 aliphatic carbocycles. The molecule has 0 saturated carbocycles. The first kappa shape index (κ1) is 31.2. The zero-order chi connectivity index (χ0) is 24.1. The third-order valence-corrected chi connectivity index (χ3v) is 23.5. The largest absolute Gasteiger partial charge is 0.501 e. The maximum absolute atomic E-state index is 6.25. The Morgan fingerprint density at radius 2 is 1.39 bits per heavy atom. The van der Waals surface area contributed by atoms with Crippen molar-refractivity contribution in [2.24, 2.45) is 0 Å². The molecular formula is C19H31NO3S9Si. The standard InChI is InChI=1S/C19H31NO3S9Si/c1-14(2)21-33(22-15(3)4,23-16(5)6)13-9-12-24-27-29-31-32-30-28-26-19-20-17-10-7-8-11-18(17)25-19/h7-8,10-11,14-16H,9,12-13H2,1-6H3. The SMILES string of the molecule is CC(C)O[Si](CCCSSSSSSSSc1nc2ccccc2s1)(OC(C)C)OC(C)C. The molecule has 2 rings (SSSR count). The average Bonchev–Trinajstić information content (AvgIpc) is 3.13. The lowest BCUT2D eigenvalue weighted by Gasteiger charge is -2.34. The van der Waals surface area contributed by atoms with Gasteiger partial charge in [0.15, 0.2) is 4.34 Å². The second-order valence-corrected chi connectivity index (χ2v) is 24.4. The van der Waals surface area contributed by atoms with Gasteiger partial charge in [0.1, 0.15) is 0 Å². The first-order valence-corrected chi connectivity index (χ1v) is 23.5. The van der Waals surface area contributed by atoms with Gasteiger partial charge in [0.05, 0.1) is 10.2 Å². The second kappa shape index (κ2) is 17.5. The monoisotopic (exact) mass is 637 g/mol. The molecule has 188 valence electrons. The lowest BCUT2D eigenvalue weighted by molar-refractivity contribution is 0.00319. The zero-order valence-corrected chi connectivity index (χ0v) is 27.9. The van der Waals surface area contributed by atoms with Gasteiger partial charge < -0.3 is 13.3 Å². The third-order valence-electron chi connectivity index (χ3n) is 3.52. The molecule has 0 fully saturated rings. The Kier molecular flexibility index (Phi) is 16.6. The summed E-state index contributed by atoms with van der Waals surface area (Å²) >= 11 is 1.75. The summed E-state index contributed by atoms with van der Waals surface area (Å²) in [5.74, 6) is 1.05. The Morgan fingerprint density at radius 3 is 2.00 bits per heavy atom. The number of thiazole rings is 1. The average molecular weight is 638 g/mol. The minimum absolute atomic E-state index is 0.100. The van der Waals surface area contributed by atoms with Crippen LogP contribution in [0.3, 0.4) is 0 Å². The normalized spacial score (nSPS) is 12.6. The Bertz CT molecular complexity index is 737. The van der Waals surface area contributed by atoms with E-state index in [-0.39, 0.29) is 18.3 Å². The molecule has 0 aliphatic rings. The Labute approximate surface area is 233 Å². The van der Waals surface area contributed by atoms with Crippen molar-refractivity contribution in [1.82, 2.24) is 4.98 Å². The van der Waals surface area contributed by atoms with E-state index in [9.17, 15) is 0 Å². The molecule has 0 spiro atoms. The van der Waals surface area contributed by atoms with Crippen molar-refractivity contribution in [3.8, 4) is 0 Å². The minimum Gasteiger partial charge on any atom is -0.371 e. The van der Waals surface area contributed by atoms with Gasteiger partial charge in [-0.2, -0.15) is 0 Å². The van der Waals surface area contributed by atoms with Crippen LogP contribution in [0.2, 0.25) is 6.04 Å². The first-order valence-electron chi connectivity index (χ1n) is 10.5. The molecule has 14 heteroatoms. The van der Waals surface area contributed by atoms with Gasteiger partial charge in [0, 0.05) is 30.1 Å². The molecule has 33 heavy (non-hydrogen) atoms. The zero-order valence-electron chi connectivity index (χ0n) is 19.5. The van der Waals surface area contributed by atoms with Crippen molar-refractivity contribution in [3.63, 3.8) is 0 Å². The van der Waals surface area contributed by atoms with Crippen molar-refractivity contribution >= 4 is 111 Å². The molecule has 0 N–H and O–H groups in total. The number of para-hydroxylation sites is 1. The Morgan fingerprint density at radius 1 is 0.818 bits per heavy atom. The van der Waals surface area contributed by atoms with Gasteiger partial charge in [0.2, 0.25) is 0 Å². The van der Waals surface area contributed by atoms with Gasteiger partial charge in [-0.05, 0) is 130 Å². The van der Waals surface area contributed by atoms with E-state index in [0.29, 0.717) is 0 Å². The fraction of sp³-hybridized carbons (Fsp3) is 0.632. The second-order valence-electron chi connectivity index (χ2n) is 7.55. The maximum Gasteiger partial charge on any atom is 0.501 e. The van der Waals surface area contributed by atoms with E-state index in [1.165, 1.54) is 4.70 Å². The Hall–Kier alpha value is 2.01. The van der Waals surface area contributed by atoms with E-state index in [1.807, 2.05) is 36.5 Å². The highest BCUT2D eigenvalue weighted by molar-refractivity contribution is 9.48.